The second-order valence-electron chi connectivity index (χ2n) is 8.43. The van der Waals surface area contributed by atoms with Crippen molar-refractivity contribution in [2.24, 2.45) is 0 Å². The van der Waals surface area contributed by atoms with Gasteiger partial charge in [0.05, 0.1) is 10.9 Å². The van der Waals surface area contributed by atoms with E-state index in [1.54, 1.807) is 16.3 Å². The van der Waals surface area contributed by atoms with Gasteiger partial charge in [-0.15, -0.1) is 10.2 Å². The Morgan fingerprint density at radius 2 is 1.79 bits per heavy atom. The highest BCUT2D eigenvalue weighted by atomic mass is 32.2. The summed E-state index contributed by atoms with van der Waals surface area (Å²) in [6.07, 6.45) is 4.09. The first-order valence-corrected chi connectivity index (χ1v) is 12.5. The van der Waals surface area contributed by atoms with Crippen molar-refractivity contribution in [1.82, 2.24) is 24.1 Å². The molecule has 0 N–H and O–H groups in total. The fraction of sp³-hybridized carbons (Fsp3) is 0.360. The molecule has 1 fully saturated rings. The molecule has 5 rings (SSSR count). The first-order valence-electron chi connectivity index (χ1n) is 11.5. The lowest BCUT2D eigenvalue weighted by atomic mass is 10.1. The molecule has 1 aliphatic heterocycles. The molecule has 1 saturated heterocycles. The van der Waals surface area contributed by atoms with Crippen molar-refractivity contribution in [1.29, 1.82) is 0 Å². The van der Waals surface area contributed by atoms with Gasteiger partial charge in [0, 0.05) is 31.0 Å². The Kier molecular flexibility index (Phi) is 6.17. The Morgan fingerprint density at radius 3 is 2.55 bits per heavy atom. The van der Waals surface area contributed by atoms with E-state index < -0.39 is 0 Å². The molecule has 0 bridgehead atoms. The van der Waals surface area contributed by atoms with Crippen LogP contribution in [0, 0.1) is 0 Å². The zero-order valence-electron chi connectivity index (χ0n) is 18.7. The van der Waals surface area contributed by atoms with Crippen LogP contribution in [0.5, 0.6) is 0 Å². The Hall–Kier alpha value is -3.13. The second-order valence-corrected chi connectivity index (χ2v) is 9.37. The molecule has 1 aliphatic rings. The first kappa shape index (κ1) is 21.7. The van der Waals surface area contributed by atoms with E-state index in [0.717, 1.165) is 60.6 Å². The van der Waals surface area contributed by atoms with Crippen molar-refractivity contribution in [3.63, 3.8) is 0 Å². The van der Waals surface area contributed by atoms with E-state index in [0.29, 0.717) is 23.5 Å². The largest absolute Gasteiger partial charge is 0.339 e. The smallest absolute Gasteiger partial charge is 0.262 e. The maximum atomic E-state index is 13.1. The van der Waals surface area contributed by atoms with Gasteiger partial charge < -0.3 is 4.90 Å². The molecular formula is C25H27N5O2S. The van der Waals surface area contributed by atoms with E-state index in [9.17, 15) is 9.59 Å². The number of hydrogen-bond acceptors (Lipinski definition) is 5. The van der Waals surface area contributed by atoms with E-state index in [1.807, 2.05) is 57.8 Å². The van der Waals surface area contributed by atoms with Crippen molar-refractivity contribution >= 4 is 34.3 Å². The minimum absolute atomic E-state index is 0.0197. The Morgan fingerprint density at radius 1 is 1.03 bits per heavy atom. The lowest BCUT2D eigenvalue weighted by molar-refractivity contribution is 0.0793. The molecule has 3 heterocycles. The topological polar surface area (TPSA) is 72.5 Å². The van der Waals surface area contributed by atoms with Gasteiger partial charge in [-0.3, -0.25) is 18.6 Å². The summed E-state index contributed by atoms with van der Waals surface area (Å²) in [6, 6.07) is 15.5. The number of fused-ring (bicyclic) bond motifs is 3. The zero-order valence-corrected chi connectivity index (χ0v) is 19.6. The average molecular weight is 462 g/mol. The minimum Gasteiger partial charge on any atom is -0.339 e. The van der Waals surface area contributed by atoms with Gasteiger partial charge in [0.2, 0.25) is 5.78 Å². The molecule has 0 spiro atoms. The Balaban J connectivity index is 1.42. The molecule has 0 atom stereocenters. The average Bonchev–Trinajstić information content (AvgIpc) is 3.53. The number of benzene rings is 2. The molecule has 33 heavy (non-hydrogen) atoms. The Bertz CT molecular complexity index is 1350. The minimum atomic E-state index is -0.0197. The molecule has 4 aromatic rings. The van der Waals surface area contributed by atoms with Gasteiger partial charge in [-0.1, -0.05) is 49.4 Å². The lowest BCUT2D eigenvalue weighted by Crippen LogP contribution is -2.27. The van der Waals surface area contributed by atoms with Crippen LogP contribution >= 0.6 is 11.8 Å². The van der Waals surface area contributed by atoms with Crippen LogP contribution in [0.2, 0.25) is 0 Å². The third-order valence-corrected chi connectivity index (χ3v) is 7.18. The van der Waals surface area contributed by atoms with Gasteiger partial charge in [0.1, 0.15) is 0 Å². The molecule has 0 radical (unpaired) electrons. The number of aromatic nitrogens is 4. The molecule has 0 saturated carbocycles. The second kappa shape index (κ2) is 9.39. The van der Waals surface area contributed by atoms with Crippen LogP contribution < -0.4 is 5.56 Å². The summed E-state index contributed by atoms with van der Waals surface area (Å²) < 4.78 is 3.73. The number of unbranched alkanes of at least 4 members (excludes halogenated alkanes) is 1. The number of nitrogens with zero attached hydrogens (tertiary/aromatic N) is 5. The van der Waals surface area contributed by atoms with Crippen LogP contribution in [0.15, 0.2) is 58.5 Å². The molecular weight excluding hydrogens is 434 g/mol. The zero-order chi connectivity index (χ0) is 22.8. The van der Waals surface area contributed by atoms with Crippen molar-refractivity contribution in [3.8, 4) is 0 Å². The lowest BCUT2D eigenvalue weighted by Gasteiger charge is -2.15. The predicted octanol–water partition coefficient (Wildman–Crippen LogP) is 4.37. The van der Waals surface area contributed by atoms with Crippen LogP contribution in [0.1, 0.15) is 48.5 Å². The van der Waals surface area contributed by atoms with E-state index >= 15 is 0 Å². The number of carbonyl (C=O) groups is 1. The summed E-state index contributed by atoms with van der Waals surface area (Å²) >= 11 is 1.58. The summed E-state index contributed by atoms with van der Waals surface area (Å²) in [5, 5.41) is 10.2. The summed E-state index contributed by atoms with van der Waals surface area (Å²) in [5.74, 6) is 1.40. The predicted molar refractivity (Wildman–Crippen MR) is 131 cm³/mol. The van der Waals surface area contributed by atoms with E-state index in [2.05, 4.69) is 17.1 Å². The number of thioether (sulfide) groups is 1. The fourth-order valence-corrected chi connectivity index (χ4v) is 5.23. The molecule has 1 amide bonds. The third kappa shape index (κ3) is 4.15. The summed E-state index contributed by atoms with van der Waals surface area (Å²) in [7, 11) is 0. The normalized spacial score (nSPS) is 13.9. The molecule has 170 valence electrons. The number of carbonyl (C=O) groups excluding carboxylic acids is 1. The maximum Gasteiger partial charge on any atom is 0.262 e. The molecule has 0 aliphatic carbocycles. The van der Waals surface area contributed by atoms with Crippen LogP contribution in [0.3, 0.4) is 0 Å². The highest BCUT2D eigenvalue weighted by Crippen LogP contribution is 2.25. The van der Waals surface area contributed by atoms with E-state index in [1.165, 1.54) is 0 Å². The number of likely N-dealkylation sites (tertiary alicyclic amines) is 1. The van der Waals surface area contributed by atoms with Gasteiger partial charge in [0.15, 0.2) is 5.16 Å². The molecule has 8 heteroatoms. The highest BCUT2D eigenvalue weighted by Gasteiger charge is 2.20. The highest BCUT2D eigenvalue weighted by molar-refractivity contribution is 7.98. The van der Waals surface area contributed by atoms with Crippen molar-refractivity contribution in [2.45, 2.75) is 50.1 Å². The number of aryl methyl sites for hydroxylation is 1. The first-order chi connectivity index (χ1) is 16.2. The van der Waals surface area contributed by atoms with Gasteiger partial charge in [-0.25, -0.2) is 0 Å². The van der Waals surface area contributed by atoms with Gasteiger partial charge in [-0.2, -0.15) is 0 Å². The van der Waals surface area contributed by atoms with E-state index in [-0.39, 0.29) is 11.5 Å². The van der Waals surface area contributed by atoms with Crippen molar-refractivity contribution in [2.75, 3.05) is 13.1 Å². The van der Waals surface area contributed by atoms with Crippen LogP contribution in [-0.4, -0.2) is 43.1 Å². The third-order valence-electron chi connectivity index (χ3n) is 6.18. The van der Waals surface area contributed by atoms with Gasteiger partial charge in [-0.05, 0) is 49.1 Å². The fourth-order valence-electron chi connectivity index (χ4n) is 4.34. The molecule has 2 aromatic carbocycles. The van der Waals surface area contributed by atoms with Gasteiger partial charge in [0.25, 0.3) is 11.5 Å². The van der Waals surface area contributed by atoms with Crippen LogP contribution in [0.4, 0.5) is 0 Å². The number of para-hydroxylation sites is 1. The SMILES string of the molecule is CCCCn1c(=O)c2ccccc2n2c(SCc3ccc(C(=O)N4CCCC4)cc3)nnc12. The van der Waals surface area contributed by atoms with Crippen LogP contribution in [-0.2, 0) is 12.3 Å². The number of rotatable bonds is 7. The van der Waals surface area contributed by atoms with E-state index in [4.69, 9.17) is 0 Å². The number of hydrogen-bond donors (Lipinski definition) is 0. The van der Waals surface area contributed by atoms with Gasteiger partial charge >= 0.3 is 0 Å². The maximum absolute atomic E-state index is 13.1. The molecule has 7 nitrogen and oxygen atoms in total. The van der Waals surface area contributed by atoms with Crippen LogP contribution in [0.25, 0.3) is 16.7 Å². The monoisotopic (exact) mass is 461 g/mol. The molecule has 2 aromatic heterocycles. The number of amides is 1. The quantitative estimate of drug-likeness (QED) is 0.382. The van der Waals surface area contributed by atoms with Crippen molar-refractivity contribution < 1.29 is 4.79 Å². The standard InChI is InChI=1S/C25H27N5O2S/c1-2-3-16-29-23(32)20-8-4-5-9-21(20)30-24(29)26-27-25(30)33-17-18-10-12-19(13-11-18)22(31)28-14-6-7-15-28/h4-5,8-13H,2-3,6-7,14-17H2,1H3. The Labute approximate surface area is 196 Å². The molecule has 0 unspecified atom stereocenters. The van der Waals surface area contributed by atoms with Crippen molar-refractivity contribution in [3.05, 3.63) is 70.0 Å². The summed E-state index contributed by atoms with van der Waals surface area (Å²) in [6.45, 7) is 4.44. The summed E-state index contributed by atoms with van der Waals surface area (Å²) in [5.41, 5.74) is 2.65. The summed E-state index contributed by atoms with van der Waals surface area (Å²) in [4.78, 5) is 27.6.